The number of nitrogens with zero attached hydrogens (tertiary/aromatic N) is 3. The molecule has 2 aliphatic rings. The van der Waals surface area contributed by atoms with E-state index in [0.29, 0.717) is 24.5 Å². The average Bonchev–Trinajstić information content (AvgIpc) is 2.77. The number of piperazine rings is 1. The molecule has 1 aromatic carbocycles. The quantitative estimate of drug-likeness (QED) is 0.772. The molecule has 8 nitrogen and oxygen atoms in total. The van der Waals surface area contributed by atoms with E-state index in [4.69, 9.17) is 0 Å². The number of para-hydroxylation sites is 2. The first-order chi connectivity index (χ1) is 14.1. The second-order valence-electron chi connectivity index (χ2n) is 7.14. The molecule has 2 aliphatic heterocycles. The van der Waals surface area contributed by atoms with Gasteiger partial charge in [-0.15, -0.1) is 12.4 Å². The van der Waals surface area contributed by atoms with E-state index in [2.05, 4.69) is 15.6 Å². The first kappa shape index (κ1) is 21.7. The number of hydrogen-bond acceptors (Lipinski definition) is 5. The van der Waals surface area contributed by atoms with Crippen molar-refractivity contribution in [2.75, 3.05) is 36.4 Å². The highest BCUT2D eigenvalue weighted by Gasteiger charge is 2.30. The lowest BCUT2D eigenvalue weighted by Gasteiger charge is -2.36. The molecule has 158 valence electrons. The standard InChI is InChI=1S/C21H23N5O3.ClH/c27-19-14-26(17-6-2-1-5-16(17)24-19)21(29)8-7-20(28)25-11-10-23-13-18(25)15-4-3-9-22-12-15;/h1-6,9,12,18,23H,7-8,10-11,13-14H2,(H,24,27);1H. The molecule has 0 aliphatic carbocycles. The van der Waals surface area contributed by atoms with Crippen molar-refractivity contribution >= 4 is 41.5 Å². The summed E-state index contributed by atoms with van der Waals surface area (Å²) in [7, 11) is 0. The Kier molecular flexibility index (Phi) is 7.02. The zero-order chi connectivity index (χ0) is 20.2. The van der Waals surface area contributed by atoms with Gasteiger partial charge in [0.05, 0.1) is 17.4 Å². The highest BCUT2D eigenvalue weighted by atomic mass is 35.5. The van der Waals surface area contributed by atoms with Gasteiger partial charge in [0.2, 0.25) is 17.7 Å². The lowest BCUT2D eigenvalue weighted by Crippen LogP contribution is -2.49. The number of hydrogen-bond donors (Lipinski definition) is 2. The van der Waals surface area contributed by atoms with Gasteiger partial charge in [-0.3, -0.25) is 19.4 Å². The fourth-order valence-corrected chi connectivity index (χ4v) is 3.82. The molecule has 1 aromatic heterocycles. The first-order valence-electron chi connectivity index (χ1n) is 9.73. The number of anilines is 2. The van der Waals surface area contributed by atoms with Crippen molar-refractivity contribution in [3.8, 4) is 0 Å². The van der Waals surface area contributed by atoms with Gasteiger partial charge in [0.25, 0.3) is 0 Å². The zero-order valence-electron chi connectivity index (χ0n) is 16.4. The van der Waals surface area contributed by atoms with Crippen molar-refractivity contribution in [1.82, 2.24) is 15.2 Å². The van der Waals surface area contributed by atoms with Gasteiger partial charge >= 0.3 is 0 Å². The number of amides is 3. The van der Waals surface area contributed by atoms with Crippen molar-refractivity contribution < 1.29 is 14.4 Å². The summed E-state index contributed by atoms with van der Waals surface area (Å²) in [6.45, 7) is 1.93. The van der Waals surface area contributed by atoms with Crippen LogP contribution in [0.25, 0.3) is 0 Å². The average molecular weight is 430 g/mol. The molecule has 2 N–H and O–H groups in total. The number of aromatic nitrogens is 1. The normalized spacial score (nSPS) is 18.1. The SMILES string of the molecule is Cl.O=C1CN(C(=O)CCC(=O)N2CCNCC2c2cccnc2)c2ccccc2N1. The van der Waals surface area contributed by atoms with Gasteiger partial charge in [-0.1, -0.05) is 18.2 Å². The van der Waals surface area contributed by atoms with Crippen molar-refractivity contribution in [1.29, 1.82) is 0 Å². The number of fused-ring (bicyclic) bond motifs is 1. The molecule has 1 unspecified atom stereocenters. The number of benzene rings is 1. The Hall–Kier alpha value is -2.97. The van der Waals surface area contributed by atoms with Crippen LogP contribution in [0.1, 0.15) is 24.4 Å². The van der Waals surface area contributed by atoms with E-state index in [1.54, 1.807) is 30.6 Å². The number of pyridine rings is 1. The molecule has 1 fully saturated rings. The third-order valence-corrected chi connectivity index (χ3v) is 5.26. The van der Waals surface area contributed by atoms with E-state index in [-0.39, 0.29) is 55.6 Å². The number of carbonyl (C=O) groups is 3. The third kappa shape index (κ3) is 4.60. The fraction of sp³-hybridized carbons (Fsp3) is 0.333. The van der Waals surface area contributed by atoms with E-state index in [1.807, 2.05) is 23.1 Å². The predicted octanol–water partition coefficient (Wildman–Crippen LogP) is 1.74. The molecular weight excluding hydrogens is 406 g/mol. The molecule has 3 heterocycles. The van der Waals surface area contributed by atoms with Gasteiger partial charge in [0, 0.05) is 44.9 Å². The minimum absolute atomic E-state index is 0. The van der Waals surface area contributed by atoms with Gasteiger partial charge in [-0.2, -0.15) is 0 Å². The Morgan fingerprint density at radius 2 is 1.90 bits per heavy atom. The second-order valence-corrected chi connectivity index (χ2v) is 7.14. The van der Waals surface area contributed by atoms with Crippen LogP contribution in [0, 0.1) is 0 Å². The van der Waals surface area contributed by atoms with Crippen molar-refractivity contribution in [3.63, 3.8) is 0 Å². The summed E-state index contributed by atoms with van der Waals surface area (Å²) in [5.74, 6) is -0.528. The van der Waals surface area contributed by atoms with Crippen LogP contribution >= 0.6 is 12.4 Å². The second kappa shape index (κ2) is 9.69. The van der Waals surface area contributed by atoms with Crippen LogP contribution in [0.4, 0.5) is 11.4 Å². The first-order valence-corrected chi connectivity index (χ1v) is 9.73. The fourth-order valence-electron chi connectivity index (χ4n) is 3.82. The summed E-state index contributed by atoms with van der Waals surface area (Å²) < 4.78 is 0. The Morgan fingerprint density at radius 1 is 1.10 bits per heavy atom. The summed E-state index contributed by atoms with van der Waals surface area (Å²) in [6, 6.07) is 10.9. The smallest absolute Gasteiger partial charge is 0.244 e. The number of carbonyl (C=O) groups excluding carboxylic acids is 3. The Bertz CT molecular complexity index is 924. The molecule has 30 heavy (non-hydrogen) atoms. The maximum absolute atomic E-state index is 12.9. The lowest BCUT2D eigenvalue weighted by molar-refractivity contribution is -0.136. The molecule has 0 saturated carbocycles. The van der Waals surface area contributed by atoms with Crippen LogP contribution in [-0.4, -0.2) is 53.8 Å². The number of halogens is 1. The highest BCUT2D eigenvalue weighted by Crippen LogP contribution is 2.29. The molecular formula is C21H24ClN5O3. The van der Waals surface area contributed by atoms with Crippen LogP contribution < -0.4 is 15.5 Å². The Labute approximate surface area is 181 Å². The summed E-state index contributed by atoms with van der Waals surface area (Å²) in [4.78, 5) is 45.1. The molecule has 0 bridgehead atoms. The van der Waals surface area contributed by atoms with E-state index >= 15 is 0 Å². The molecule has 3 amide bonds. The minimum atomic E-state index is -0.234. The summed E-state index contributed by atoms with van der Waals surface area (Å²) in [6.07, 6.45) is 3.64. The largest absolute Gasteiger partial charge is 0.333 e. The van der Waals surface area contributed by atoms with E-state index in [9.17, 15) is 14.4 Å². The molecule has 0 spiro atoms. The molecule has 4 rings (SSSR count). The van der Waals surface area contributed by atoms with Crippen molar-refractivity contribution in [2.45, 2.75) is 18.9 Å². The van der Waals surface area contributed by atoms with Crippen LogP contribution in [0.2, 0.25) is 0 Å². The van der Waals surface area contributed by atoms with Crippen LogP contribution in [0.5, 0.6) is 0 Å². The molecule has 1 saturated heterocycles. The van der Waals surface area contributed by atoms with Gasteiger partial charge < -0.3 is 20.4 Å². The van der Waals surface area contributed by atoms with Gasteiger partial charge in [0.1, 0.15) is 6.54 Å². The zero-order valence-corrected chi connectivity index (χ0v) is 17.2. The molecule has 0 radical (unpaired) electrons. The highest BCUT2D eigenvalue weighted by molar-refractivity contribution is 6.10. The van der Waals surface area contributed by atoms with Crippen molar-refractivity contribution in [3.05, 3.63) is 54.4 Å². The van der Waals surface area contributed by atoms with Crippen LogP contribution in [0.15, 0.2) is 48.8 Å². The van der Waals surface area contributed by atoms with Gasteiger partial charge in [0.15, 0.2) is 0 Å². The monoisotopic (exact) mass is 429 g/mol. The van der Waals surface area contributed by atoms with E-state index in [0.717, 1.165) is 12.1 Å². The Morgan fingerprint density at radius 3 is 2.70 bits per heavy atom. The van der Waals surface area contributed by atoms with Crippen LogP contribution in [0.3, 0.4) is 0 Å². The maximum atomic E-state index is 12.9. The molecule has 1 atom stereocenters. The van der Waals surface area contributed by atoms with Gasteiger partial charge in [-0.05, 0) is 23.8 Å². The van der Waals surface area contributed by atoms with E-state index in [1.165, 1.54) is 4.90 Å². The predicted molar refractivity (Wildman–Crippen MR) is 115 cm³/mol. The van der Waals surface area contributed by atoms with Gasteiger partial charge in [-0.25, -0.2) is 0 Å². The van der Waals surface area contributed by atoms with Crippen molar-refractivity contribution in [2.24, 2.45) is 0 Å². The summed E-state index contributed by atoms with van der Waals surface area (Å²) in [5.41, 5.74) is 2.25. The number of nitrogens with one attached hydrogen (secondary N) is 2. The summed E-state index contributed by atoms with van der Waals surface area (Å²) >= 11 is 0. The topological polar surface area (TPSA) is 94.6 Å². The Balaban J connectivity index is 0.00000256. The lowest BCUT2D eigenvalue weighted by atomic mass is 10.0. The molecule has 2 aromatic rings. The summed E-state index contributed by atoms with van der Waals surface area (Å²) in [5, 5.41) is 6.07. The molecule has 9 heteroatoms. The maximum Gasteiger partial charge on any atom is 0.244 e. The van der Waals surface area contributed by atoms with E-state index < -0.39 is 0 Å². The minimum Gasteiger partial charge on any atom is -0.333 e. The number of rotatable bonds is 4. The van der Waals surface area contributed by atoms with Crippen LogP contribution in [-0.2, 0) is 14.4 Å². The third-order valence-electron chi connectivity index (χ3n) is 5.26.